The van der Waals surface area contributed by atoms with E-state index in [0.717, 1.165) is 27.7 Å². The van der Waals surface area contributed by atoms with E-state index in [4.69, 9.17) is 11.6 Å². The van der Waals surface area contributed by atoms with E-state index in [-0.39, 0.29) is 11.3 Å². The SMILES string of the molecule is CC(C)(C)c1ccc(/C=C/C(=O)NCCSCc2ccccc2Cl)cc1. The molecule has 2 aromatic rings. The molecule has 26 heavy (non-hydrogen) atoms. The lowest BCUT2D eigenvalue weighted by Crippen LogP contribution is -2.23. The van der Waals surface area contributed by atoms with Gasteiger partial charge >= 0.3 is 0 Å². The molecule has 0 aromatic heterocycles. The van der Waals surface area contributed by atoms with Gasteiger partial charge in [0.15, 0.2) is 0 Å². The van der Waals surface area contributed by atoms with Crippen molar-refractivity contribution in [3.05, 3.63) is 76.3 Å². The van der Waals surface area contributed by atoms with Crippen LogP contribution in [0.2, 0.25) is 5.02 Å². The molecular weight excluding hydrogens is 362 g/mol. The minimum absolute atomic E-state index is 0.0664. The first-order valence-corrected chi connectivity index (χ1v) is 10.3. The average molecular weight is 388 g/mol. The molecule has 0 unspecified atom stereocenters. The predicted octanol–water partition coefficient (Wildman–Crippen LogP) is 5.70. The maximum absolute atomic E-state index is 11.9. The number of hydrogen-bond acceptors (Lipinski definition) is 2. The van der Waals surface area contributed by atoms with E-state index in [9.17, 15) is 4.79 Å². The molecule has 138 valence electrons. The normalized spacial score (nSPS) is 11.7. The highest BCUT2D eigenvalue weighted by molar-refractivity contribution is 7.98. The largest absolute Gasteiger partial charge is 0.352 e. The molecule has 0 bridgehead atoms. The van der Waals surface area contributed by atoms with E-state index in [0.29, 0.717) is 6.54 Å². The van der Waals surface area contributed by atoms with Crippen molar-refractivity contribution in [3.8, 4) is 0 Å². The maximum Gasteiger partial charge on any atom is 0.244 e. The Balaban J connectivity index is 1.70. The Morgan fingerprint density at radius 3 is 2.46 bits per heavy atom. The molecule has 0 radical (unpaired) electrons. The Kier molecular flexibility index (Phi) is 7.80. The molecule has 0 saturated carbocycles. The minimum Gasteiger partial charge on any atom is -0.352 e. The summed E-state index contributed by atoms with van der Waals surface area (Å²) in [6.45, 7) is 7.21. The maximum atomic E-state index is 11.9. The summed E-state index contributed by atoms with van der Waals surface area (Å²) in [6, 6.07) is 16.2. The topological polar surface area (TPSA) is 29.1 Å². The summed E-state index contributed by atoms with van der Waals surface area (Å²) in [5.41, 5.74) is 3.58. The fraction of sp³-hybridized carbons (Fsp3) is 0.318. The molecule has 2 aromatic carbocycles. The van der Waals surface area contributed by atoms with Gasteiger partial charge < -0.3 is 5.32 Å². The van der Waals surface area contributed by atoms with Crippen molar-refractivity contribution in [2.45, 2.75) is 31.9 Å². The second kappa shape index (κ2) is 9.84. The summed E-state index contributed by atoms with van der Waals surface area (Å²) < 4.78 is 0. The van der Waals surface area contributed by atoms with E-state index in [1.807, 2.05) is 42.5 Å². The van der Waals surface area contributed by atoms with Crippen LogP contribution in [0.25, 0.3) is 6.08 Å². The van der Waals surface area contributed by atoms with Gasteiger partial charge in [-0.05, 0) is 34.2 Å². The van der Waals surface area contributed by atoms with Crippen LogP contribution in [0, 0.1) is 0 Å². The molecule has 0 aliphatic heterocycles. The van der Waals surface area contributed by atoms with E-state index in [1.165, 1.54) is 5.56 Å². The number of carbonyl (C=O) groups excluding carboxylic acids is 1. The van der Waals surface area contributed by atoms with Crippen molar-refractivity contribution in [1.82, 2.24) is 5.32 Å². The average Bonchev–Trinajstić information content (AvgIpc) is 2.61. The molecule has 0 heterocycles. The van der Waals surface area contributed by atoms with Gasteiger partial charge in [0.2, 0.25) is 5.91 Å². The van der Waals surface area contributed by atoms with Gasteiger partial charge in [-0.15, -0.1) is 0 Å². The quantitative estimate of drug-likeness (QED) is 0.487. The van der Waals surface area contributed by atoms with Gasteiger partial charge in [-0.3, -0.25) is 4.79 Å². The zero-order valence-corrected chi connectivity index (χ0v) is 17.2. The van der Waals surface area contributed by atoms with Gasteiger partial charge in [-0.2, -0.15) is 11.8 Å². The molecule has 0 aliphatic rings. The number of carbonyl (C=O) groups is 1. The Bertz CT molecular complexity index is 747. The smallest absolute Gasteiger partial charge is 0.244 e. The number of rotatable bonds is 7. The zero-order chi connectivity index (χ0) is 19.0. The lowest BCUT2D eigenvalue weighted by Gasteiger charge is -2.18. The van der Waals surface area contributed by atoms with Crippen LogP contribution >= 0.6 is 23.4 Å². The summed E-state index contributed by atoms with van der Waals surface area (Å²) in [5.74, 6) is 1.64. The molecule has 2 nitrogen and oxygen atoms in total. The third-order valence-electron chi connectivity index (χ3n) is 3.96. The Hall–Kier alpha value is -1.71. The van der Waals surface area contributed by atoms with Crippen LogP contribution in [0.3, 0.4) is 0 Å². The summed E-state index contributed by atoms with van der Waals surface area (Å²) in [5, 5.41) is 3.71. The third-order valence-corrected chi connectivity index (χ3v) is 5.34. The van der Waals surface area contributed by atoms with E-state index >= 15 is 0 Å². The first-order chi connectivity index (χ1) is 12.4. The monoisotopic (exact) mass is 387 g/mol. The van der Waals surface area contributed by atoms with Gasteiger partial charge in [0.1, 0.15) is 0 Å². The highest BCUT2D eigenvalue weighted by Crippen LogP contribution is 2.22. The van der Waals surface area contributed by atoms with Gasteiger partial charge in [-0.1, -0.05) is 74.8 Å². The van der Waals surface area contributed by atoms with Crippen LogP contribution < -0.4 is 5.32 Å². The molecule has 0 aliphatic carbocycles. The Labute approximate surface area is 166 Å². The third kappa shape index (κ3) is 6.89. The molecule has 0 spiro atoms. The van der Waals surface area contributed by atoms with Gasteiger partial charge in [0.25, 0.3) is 0 Å². The molecule has 4 heteroatoms. The Morgan fingerprint density at radius 2 is 1.81 bits per heavy atom. The molecule has 0 fully saturated rings. The second-order valence-corrected chi connectivity index (χ2v) is 8.65. The Morgan fingerprint density at radius 1 is 1.12 bits per heavy atom. The molecule has 1 N–H and O–H groups in total. The number of halogens is 1. The lowest BCUT2D eigenvalue weighted by atomic mass is 9.87. The standard InChI is InChI=1S/C22H26ClNOS/c1-22(2,3)19-11-8-17(9-12-19)10-13-21(25)24-14-15-26-16-18-6-4-5-7-20(18)23/h4-13H,14-16H2,1-3H3,(H,24,25)/b13-10+. The van der Waals surface area contributed by atoms with Crippen molar-refractivity contribution < 1.29 is 4.79 Å². The van der Waals surface area contributed by atoms with Crippen LogP contribution in [-0.2, 0) is 16.0 Å². The van der Waals surface area contributed by atoms with Gasteiger partial charge in [0.05, 0.1) is 0 Å². The van der Waals surface area contributed by atoms with E-state index < -0.39 is 0 Å². The van der Waals surface area contributed by atoms with Crippen molar-refractivity contribution >= 4 is 35.3 Å². The summed E-state index contributed by atoms with van der Waals surface area (Å²) >= 11 is 7.89. The molecule has 0 atom stereocenters. The lowest BCUT2D eigenvalue weighted by molar-refractivity contribution is -0.116. The zero-order valence-electron chi connectivity index (χ0n) is 15.6. The highest BCUT2D eigenvalue weighted by Gasteiger charge is 2.12. The number of thioether (sulfide) groups is 1. The second-order valence-electron chi connectivity index (χ2n) is 7.14. The van der Waals surface area contributed by atoms with Gasteiger partial charge in [-0.25, -0.2) is 0 Å². The van der Waals surface area contributed by atoms with Gasteiger partial charge in [0, 0.05) is 29.1 Å². The van der Waals surface area contributed by atoms with Crippen LogP contribution in [0.15, 0.2) is 54.6 Å². The number of amides is 1. The fourth-order valence-corrected chi connectivity index (χ4v) is 3.51. The summed E-state index contributed by atoms with van der Waals surface area (Å²) in [7, 11) is 0. The molecule has 0 saturated heterocycles. The predicted molar refractivity (Wildman–Crippen MR) is 115 cm³/mol. The van der Waals surface area contributed by atoms with Crippen LogP contribution in [-0.4, -0.2) is 18.2 Å². The highest BCUT2D eigenvalue weighted by atomic mass is 35.5. The summed E-state index contributed by atoms with van der Waals surface area (Å²) in [4.78, 5) is 11.9. The van der Waals surface area contributed by atoms with Crippen LogP contribution in [0.4, 0.5) is 0 Å². The first kappa shape index (κ1) is 20.6. The number of benzene rings is 2. The van der Waals surface area contributed by atoms with E-state index in [2.05, 4.69) is 38.2 Å². The molecule has 1 amide bonds. The fourth-order valence-electron chi connectivity index (χ4n) is 2.37. The summed E-state index contributed by atoms with van der Waals surface area (Å²) in [6.07, 6.45) is 3.43. The molecule has 2 rings (SSSR count). The number of nitrogens with one attached hydrogen (secondary N) is 1. The van der Waals surface area contributed by atoms with Crippen LogP contribution in [0.5, 0.6) is 0 Å². The van der Waals surface area contributed by atoms with Crippen molar-refractivity contribution in [2.75, 3.05) is 12.3 Å². The van der Waals surface area contributed by atoms with Crippen LogP contribution in [0.1, 0.15) is 37.5 Å². The van der Waals surface area contributed by atoms with Crippen molar-refractivity contribution in [1.29, 1.82) is 0 Å². The van der Waals surface area contributed by atoms with Crippen molar-refractivity contribution in [3.63, 3.8) is 0 Å². The first-order valence-electron chi connectivity index (χ1n) is 8.74. The van der Waals surface area contributed by atoms with E-state index in [1.54, 1.807) is 17.8 Å². The molecular formula is C22H26ClNOS. The number of hydrogen-bond donors (Lipinski definition) is 1. The van der Waals surface area contributed by atoms with Crippen molar-refractivity contribution in [2.24, 2.45) is 0 Å². The minimum atomic E-state index is -0.0664.